The first-order valence-corrected chi connectivity index (χ1v) is 8.23. The predicted octanol–water partition coefficient (Wildman–Crippen LogP) is 2.01. The van der Waals surface area contributed by atoms with Crippen LogP contribution in [0.25, 0.3) is 5.65 Å². The summed E-state index contributed by atoms with van der Waals surface area (Å²) in [6.45, 7) is 4.03. The van der Waals surface area contributed by atoms with Gasteiger partial charge in [0.1, 0.15) is 18.2 Å². The van der Waals surface area contributed by atoms with Crippen LogP contribution >= 0.6 is 0 Å². The van der Waals surface area contributed by atoms with Gasteiger partial charge in [-0.15, -0.1) is 0 Å². The molecule has 0 aromatic carbocycles. The van der Waals surface area contributed by atoms with E-state index in [1.54, 1.807) is 29.6 Å². The van der Waals surface area contributed by atoms with Gasteiger partial charge in [-0.3, -0.25) is 0 Å². The second-order valence-corrected chi connectivity index (χ2v) is 5.85. The Balaban J connectivity index is 1.97. The van der Waals surface area contributed by atoms with Crippen LogP contribution in [0.3, 0.4) is 0 Å². The lowest BCUT2D eigenvalue weighted by Crippen LogP contribution is -2.18. The van der Waals surface area contributed by atoms with Crippen LogP contribution in [0.4, 0.5) is 0 Å². The fourth-order valence-corrected chi connectivity index (χ4v) is 3.07. The molecular formula is C17H18N8. The molecule has 8 heteroatoms. The molecule has 8 nitrogen and oxygen atoms in total. The fourth-order valence-electron chi connectivity index (χ4n) is 3.07. The largest absolute Gasteiger partial charge is 0.323 e. The van der Waals surface area contributed by atoms with E-state index in [1.807, 2.05) is 29.8 Å². The van der Waals surface area contributed by atoms with Crippen molar-refractivity contribution in [3.8, 4) is 0 Å². The zero-order valence-corrected chi connectivity index (χ0v) is 14.1. The van der Waals surface area contributed by atoms with Crippen molar-refractivity contribution in [3.63, 3.8) is 0 Å². The first-order chi connectivity index (χ1) is 12.3. The molecule has 4 rings (SSSR count). The van der Waals surface area contributed by atoms with E-state index < -0.39 is 0 Å². The summed E-state index contributed by atoms with van der Waals surface area (Å²) >= 11 is 0. The smallest absolute Gasteiger partial charge is 0.162 e. The summed E-state index contributed by atoms with van der Waals surface area (Å²) in [5.74, 6) is 0.731. The van der Waals surface area contributed by atoms with E-state index in [2.05, 4.69) is 32.2 Å². The van der Waals surface area contributed by atoms with E-state index >= 15 is 0 Å². The van der Waals surface area contributed by atoms with Gasteiger partial charge in [0.05, 0.1) is 17.7 Å². The molecule has 25 heavy (non-hydrogen) atoms. The van der Waals surface area contributed by atoms with E-state index in [1.165, 1.54) is 0 Å². The maximum atomic E-state index is 4.72. The van der Waals surface area contributed by atoms with Crippen LogP contribution < -0.4 is 0 Å². The first kappa shape index (κ1) is 15.4. The van der Waals surface area contributed by atoms with Crippen molar-refractivity contribution < 1.29 is 0 Å². The van der Waals surface area contributed by atoms with Gasteiger partial charge in [0, 0.05) is 24.2 Å². The molecule has 126 valence electrons. The van der Waals surface area contributed by atoms with Crippen LogP contribution in [0.5, 0.6) is 0 Å². The van der Waals surface area contributed by atoms with Gasteiger partial charge in [-0.05, 0) is 25.5 Å². The van der Waals surface area contributed by atoms with Gasteiger partial charge < -0.3 is 4.57 Å². The van der Waals surface area contributed by atoms with Crippen LogP contribution in [0, 0.1) is 6.92 Å². The van der Waals surface area contributed by atoms with Crippen LogP contribution in [0.1, 0.15) is 42.2 Å². The first-order valence-electron chi connectivity index (χ1n) is 8.23. The minimum Gasteiger partial charge on any atom is -0.323 e. The summed E-state index contributed by atoms with van der Waals surface area (Å²) in [4.78, 5) is 13.5. The van der Waals surface area contributed by atoms with Crippen molar-refractivity contribution in [3.05, 3.63) is 66.2 Å². The quantitative estimate of drug-likeness (QED) is 0.555. The van der Waals surface area contributed by atoms with Crippen molar-refractivity contribution in [2.45, 2.75) is 32.7 Å². The highest BCUT2D eigenvalue weighted by atomic mass is 15.3. The summed E-state index contributed by atoms with van der Waals surface area (Å²) in [5, 5.41) is 12.7. The molecule has 0 aliphatic heterocycles. The van der Waals surface area contributed by atoms with E-state index in [4.69, 9.17) is 4.98 Å². The highest BCUT2D eigenvalue weighted by molar-refractivity contribution is 5.51. The fraction of sp³-hybridized carbons (Fsp3) is 0.294. The average molecular weight is 334 g/mol. The lowest BCUT2D eigenvalue weighted by Gasteiger charge is -2.20. The maximum absolute atomic E-state index is 4.72. The maximum Gasteiger partial charge on any atom is 0.162 e. The Morgan fingerprint density at radius 3 is 2.84 bits per heavy atom. The number of hydrogen-bond acceptors (Lipinski definition) is 6. The Morgan fingerprint density at radius 2 is 2.12 bits per heavy atom. The third-order valence-electron chi connectivity index (χ3n) is 4.08. The lowest BCUT2D eigenvalue weighted by molar-refractivity contribution is 0.615. The number of fused-ring (bicyclic) bond motifs is 1. The number of nitrogens with zero attached hydrogens (tertiary/aromatic N) is 8. The molecule has 0 radical (unpaired) electrons. The molecule has 0 N–H and O–H groups in total. The van der Waals surface area contributed by atoms with E-state index in [-0.39, 0.29) is 6.04 Å². The highest BCUT2D eigenvalue weighted by Gasteiger charge is 2.24. The zero-order valence-electron chi connectivity index (χ0n) is 14.1. The molecule has 4 aromatic rings. The number of hydrogen-bond donors (Lipinski definition) is 0. The molecule has 0 spiro atoms. The summed E-state index contributed by atoms with van der Waals surface area (Å²) in [7, 11) is 0. The normalized spacial score (nSPS) is 12.6. The van der Waals surface area contributed by atoms with Gasteiger partial charge in [-0.1, -0.05) is 13.3 Å². The zero-order chi connectivity index (χ0) is 17.2. The molecule has 0 amide bonds. The molecule has 0 bridgehead atoms. The van der Waals surface area contributed by atoms with Crippen molar-refractivity contribution in [1.82, 2.24) is 39.3 Å². The Labute approximate surface area is 144 Å². The minimum atomic E-state index is -0.209. The molecule has 0 aliphatic rings. The third-order valence-corrected chi connectivity index (χ3v) is 4.08. The van der Waals surface area contributed by atoms with Crippen LogP contribution in [0.2, 0.25) is 0 Å². The summed E-state index contributed by atoms with van der Waals surface area (Å²) in [6, 6.07) is 3.62. The standard InChI is InChI=1S/C17H18N8/c1-3-5-13-15(19-11-25-17(13)21-12(2)23-25)16(24-9-8-18-10-24)14-6-4-7-20-22-14/h4,6-11,16H,3,5H2,1-2H3. The van der Waals surface area contributed by atoms with Crippen LogP contribution in [0.15, 0.2) is 43.4 Å². The van der Waals surface area contributed by atoms with E-state index in [9.17, 15) is 0 Å². The van der Waals surface area contributed by atoms with E-state index in [0.29, 0.717) is 0 Å². The monoisotopic (exact) mass is 334 g/mol. The van der Waals surface area contributed by atoms with E-state index in [0.717, 1.165) is 41.3 Å². The molecule has 4 aromatic heterocycles. The predicted molar refractivity (Wildman–Crippen MR) is 91.0 cm³/mol. The number of aromatic nitrogens is 8. The van der Waals surface area contributed by atoms with Crippen LogP contribution in [-0.2, 0) is 6.42 Å². The SMILES string of the molecule is CCCc1c(C(c2cccnn2)n2ccnc2)ncn2nc(C)nc12. The minimum absolute atomic E-state index is 0.209. The lowest BCUT2D eigenvalue weighted by atomic mass is 10.0. The summed E-state index contributed by atoms with van der Waals surface area (Å²) < 4.78 is 3.73. The Morgan fingerprint density at radius 1 is 1.20 bits per heavy atom. The van der Waals surface area contributed by atoms with Gasteiger partial charge in [-0.25, -0.2) is 19.5 Å². The van der Waals surface area contributed by atoms with Gasteiger partial charge in [0.2, 0.25) is 0 Å². The van der Waals surface area contributed by atoms with Crippen molar-refractivity contribution in [2.24, 2.45) is 0 Å². The molecule has 1 atom stereocenters. The molecule has 0 fully saturated rings. The molecule has 1 unspecified atom stereocenters. The molecular weight excluding hydrogens is 316 g/mol. The molecule has 0 aliphatic carbocycles. The van der Waals surface area contributed by atoms with Crippen molar-refractivity contribution in [1.29, 1.82) is 0 Å². The van der Waals surface area contributed by atoms with Crippen LogP contribution in [-0.4, -0.2) is 39.3 Å². The highest BCUT2D eigenvalue weighted by Crippen LogP contribution is 2.28. The molecule has 4 heterocycles. The number of imidazole rings is 1. The van der Waals surface area contributed by atoms with Crippen molar-refractivity contribution in [2.75, 3.05) is 0 Å². The second-order valence-electron chi connectivity index (χ2n) is 5.85. The number of aryl methyl sites for hydroxylation is 2. The van der Waals surface area contributed by atoms with Crippen molar-refractivity contribution >= 4 is 5.65 Å². The Hall–Kier alpha value is -3.16. The van der Waals surface area contributed by atoms with Gasteiger partial charge >= 0.3 is 0 Å². The number of rotatable bonds is 5. The Bertz CT molecular complexity index is 975. The second kappa shape index (κ2) is 6.39. The molecule has 0 saturated heterocycles. The third kappa shape index (κ3) is 2.75. The molecule has 0 saturated carbocycles. The average Bonchev–Trinajstić information content (AvgIpc) is 3.27. The van der Waals surface area contributed by atoms with Gasteiger partial charge in [-0.2, -0.15) is 15.3 Å². The summed E-state index contributed by atoms with van der Waals surface area (Å²) in [6.07, 6.45) is 10.7. The van der Waals surface area contributed by atoms with Gasteiger partial charge in [0.25, 0.3) is 0 Å². The van der Waals surface area contributed by atoms with Gasteiger partial charge in [0.15, 0.2) is 5.65 Å². The summed E-state index contributed by atoms with van der Waals surface area (Å²) in [5.41, 5.74) is 3.64. The Kier molecular flexibility index (Phi) is 3.93. The topological polar surface area (TPSA) is 86.7 Å².